The molecule has 1 rings (SSSR count). The minimum Gasteiger partial charge on any atom is -0.238 e. The van der Waals surface area contributed by atoms with Crippen LogP contribution in [0.15, 0.2) is 0 Å². The molecule has 0 aromatic heterocycles. The van der Waals surface area contributed by atoms with Crippen molar-refractivity contribution in [3.05, 3.63) is 0 Å². The maximum atomic E-state index is 9.06. The van der Waals surface area contributed by atoms with E-state index in [-0.39, 0.29) is 6.04 Å². The second kappa shape index (κ2) is 5.48. The molecule has 1 saturated heterocycles. The number of nitrogens with zero attached hydrogens (tertiary/aromatic N) is 2. The average Bonchev–Trinajstić information content (AvgIpc) is 2.17. The highest BCUT2D eigenvalue weighted by Gasteiger charge is 2.27. The Labute approximate surface area is 93.4 Å². The van der Waals surface area contributed by atoms with Crippen molar-refractivity contribution in [2.75, 3.05) is 0 Å². The van der Waals surface area contributed by atoms with Gasteiger partial charge in [-0.25, -0.2) is 10.4 Å². The van der Waals surface area contributed by atoms with E-state index in [2.05, 4.69) is 44.2 Å². The van der Waals surface area contributed by atoms with Gasteiger partial charge in [0.05, 0.1) is 6.07 Å². The summed E-state index contributed by atoms with van der Waals surface area (Å²) < 4.78 is 0. The molecule has 1 fully saturated rings. The van der Waals surface area contributed by atoms with Crippen LogP contribution in [-0.4, -0.2) is 23.1 Å². The molecule has 1 aliphatic rings. The molecule has 15 heavy (non-hydrogen) atoms. The summed E-state index contributed by atoms with van der Waals surface area (Å²) in [6.45, 7) is 8.63. The van der Waals surface area contributed by atoms with Crippen LogP contribution >= 0.6 is 0 Å². The summed E-state index contributed by atoms with van der Waals surface area (Å²) in [6.07, 6.45) is 3.76. The molecular formula is C12H23N3. The van der Waals surface area contributed by atoms with Gasteiger partial charge in [0.2, 0.25) is 0 Å². The van der Waals surface area contributed by atoms with Crippen molar-refractivity contribution in [3.63, 3.8) is 0 Å². The van der Waals surface area contributed by atoms with Crippen molar-refractivity contribution in [3.8, 4) is 6.07 Å². The lowest BCUT2D eigenvalue weighted by Gasteiger charge is -2.40. The summed E-state index contributed by atoms with van der Waals surface area (Å²) >= 11 is 0. The second-order valence-electron chi connectivity index (χ2n) is 5.02. The largest absolute Gasteiger partial charge is 0.238 e. The molecule has 0 aromatic carbocycles. The van der Waals surface area contributed by atoms with Crippen LogP contribution < -0.4 is 5.43 Å². The predicted molar refractivity (Wildman–Crippen MR) is 62.0 cm³/mol. The number of rotatable bonds is 3. The first kappa shape index (κ1) is 12.5. The van der Waals surface area contributed by atoms with Crippen molar-refractivity contribution in [2.45, 2.75) is 65.1 Å². The molecule has 0 radical (unpaired) electrons. The molecule has 0 saturated carbocycles. The molecule has 3 atom stereocenters. The molecule has 86 valence electrons. The van der Waals surface area contributed by atoms with E-state index in [4.69, 9.17) is 5.26 Å². The lowest BCUT2D eigenvalue weighted by molar-refractivity contribution is 0.0312. The minimum absolute atomic E-state index is 0.0620. The number of nitriles is 1. The summed E-state index contributed by atoms with van der Waals surface area (Å²) in [5.74, 6) is 0.358. The second-order valence-corrected chi connectivity index (χ2v) is 5.02. The van der Waals surface area contributed by atoms with Gasteiger partial charge in [-0.2, -0.15) is 5.26 Å². The van der Waals surface area contributed by atoms with E-state index in [9.17, 15) is 0 Å². The number of piperidine rings is 1. The first-order valence-corrected chi connectivity index (χ1v) is 6.00. The Morgan fingerprint density at radius 3 is 2.20 bits per heavy atom. The third-order valence-corrected chi connectivity index (χ3v) is 3.29. The van der Waals surface area contributed by atoms with Gasteiger partial charge >= 0.3 is 0 Å². The van der Waals surface area contributed by atoms with E-state index in [1.165, 1.54) is 19.3 Å². The van der Waals surface area contributed by atoms with Crippen LogP contribution in [0.25, 0.3) is 0 Å². The van der Waals surface area contributed by atoms with Gasteiger partial charge in [0.25, 0.3) is 0 Å². The molecule has 0 spiro atoms. The molecule has 3 unspecified atom stereocenters. The molecule has 0 bridgehead atoms. The molecule has 1 N–H and O–H groups in total. The number of hydrogen-bond donors (Lipinski definition) is 1. The fraction of sp³-hybridized carbons (Fsp3) is 0.917. The molecule has 3 nitrogen and oxygen atoms in total. The van der Waals surface area contributed by atoms with Crippen LogP contribution in [0.1, 0.15) is 47.0 Å². The van der Waals surface area contributed by atoms with Gasteiger partial charge in [-0.15, -0.1) is 0 Å². The van der Waals surface area contributed by atoms with Crippen molar-refractivity contribution in [1.29, 1.82) is 5.26 Å². The maximum absolute atomic E-state index is 9.06. The zero-order valence-corrected chi connectivity index (χ0v) is 10.3. The average molecular weight is 209 g/mol. The third-order valence-electron chi connectivity index (χ3n) is 3.29. The van der Waals surface area contributed by atoms with Crippen LogP contribution in [0.5, 0.6) is 0 Å². The Morgan fingerprint density at radius 2 is 1.80 bits per heavy atom. The van der Waals surface area contributed by atoms with E-state index in [0.717, 1.165) is 0 Å². The van der Waals surface area contributed by atoms with Crippen molar-refractivity contribution in [1.82, 2.24) is 10.4 Å². The molecule has 3 heteroatoms. The lowest BCUT2D eigenvalue weighted by atomic mass is 9.99. The summed E-state index contributed by atoms with van der Waals surface area (Å²) in [6, 6.07) is 3.36. The fourth-order valence-electron chi connectivity index (χ4n) is 2.16. The molecular weight excluding hydrogens is 186 g/mol. The normalized spacial score (nSPS) is 30.1. The summed E-state index contributed by atoms with van der Waals surface area (Å²) in [4.78, 5) is 0. The van der Waals surface area contributed by atoms with Crippen LogP contribution in [0, 0.1) is 17.2 Å². The fourth-order valence-corrected chi connectivity index (χ4v) is 2.16. The Hall–Kier alpha value is -0.590. The Morgan fingerprint density at radius 1 is 1.27 bits per heavy atom. The van der Waals surface area contributed by atoms with Crippen LogP contribution in [0.3, 0.4) is 0 Å². The van der Waals surface area contributed by atoms with Crippen molar-refractivity contribution in [2.24, 2.45) is 5.92 Å². The summed E-state index contributed by atoms with van der Waals surface area (Å²) in [5, 5.41) is 11.3. The first-order valence-electron chi connectivity index (χ1n) is 6.00. The van der Waals surface area contributed by atoms with Gasteiger partial charge in [-0.05, 0) is 32.6 Å². The minimum atomic E-state index is -0.0620. The SMILES string of the molecule is CC(C)C(C#N)NN1C(C)CCCC1C. The molecule has 0 aromatic rings. The van der Waals surface area contributed by atoms with Crippen LogP contribution in [-0.2, 0) is 0 Å². The number of hydrogen-bond acceptors (Lipinski definition) is 3. The van der Waals surface area contributed by atoms with Gasteiger partial charge in [0, 0.05) is 12.1 Å². The topological polar surface area (TPSA) is 39.1 Å². The molecule has 1 aliphatic heterocycles. The highest BCUT2D eigenvalue weighted by atomic mass is 15.5. The Balaban J connectivity index is 2.58. The smallest absolute Gasteiger partial charge is 0.110 e. The number of hydrazine groups is 1. The first-order chi connectivity index (χ1) is 7.06. The zero-order chi connectivity index (χ0) is 11.4. The van der Waals surface area contributed by atoms with Gasteiger partial charge in [-0.3, -0.25) is 0 Å². The van der Waals surface area contributed by atoms with Gasteiger partial charge in [-0.1, -0.05) is 20.3 Å². The lowest BCUT2D eigenvalue weighted by Crippen LogP contribution is -2.56. The van der Waals surface area contributed by atoms with E-state index in [1.807, 2.05) is 0 Å². The van der Waals surface area contributed by atoms with Gasteiger partial charge < -0.3 is 0 Å². The Bertz CT molecular complexity index is 222. The molecule has 0 aliphatic carbocycles. The van der Waals surface area contributed by atoms with E-state index >= 15 is 0 Å². The van der Waals surface area contributed by atoms with Crippen molar-refractivity contribution >= 4 is 0 Å². The molecule has 1 heterocycles. The van der Waals surface area contributed by atoms with E-state index < -0.39 is 0 Å². The highest BCUT2D eigenvalue weighted by Crippen LogP contribution is 2.21. The standard InChI is InChI=1S/C12H23N3/c1-9(2)12(8-13)14-15-10(3)6-5-7-11(15)4/h9-12,14H,5-7H2,1-4H3. The quantitative estimate of drug-likeness (QED) is 0.775. The predicted octanol–water partition coefficient (Wildman–Crippen LogP) is 2.30. The summed E-state index contributed by atoms with van der Waals surface area (Å²) in [7, 11) is 0. The van der Waals surface area contributed by atoms with Gasteiger partial charge in [0.1, 0.15) is 6.04 Å². The van der Waals surface area contributed by atoms with E-state index in [0.29, 0.717) is 18.0 Å². The molecule has 0 amide bonds. The highest BCUT2D eigenvalue weighted by molar-refractivity contribution is 4.92. The van der Waals surface area contributed by atoms with Gasteiger partial charge in [0.15, 0.2) is 0 Å². The van der Waals surface area contributed by atoms with Crippen molar-refractivity contribution < 1.29 is 0 Å². The Kier molecular flexibility index (Phi) is 4.56. The monoisotopic (exact) mass is 209 g/mol. The summed E-state index contributed by atoms with van der Waals surface area (Å²) in [5.41, 5.74) is 3.38. The number of nitrogens with one attached hydrogen (secondary N) is 1. The maximum Gasteiger partial charge on any atom is 0.110 e. The van der Waals surface area contributed by atoms with Crippen LogP contribution in [0.2, 0.25) is 0 Å². The zero-order valence-electron chi connectivity index (χ0n) is 10.3. The third kappa shape index (κ3) is 3.19. The van der Waals surface area contributed by atoms with E-state index in [1.54, 1.807) is 0 Å². The van der Waals surface area contributed by atoms with Crippen LogP contribution in [0.4, 0.5) is 0 Å².